The lowest BCUT2D eigenvalue weighted by Crippen LogP contribution is -2.40. The molecule has 0 saturated heterocycles. The summed E-state index contributed by atoms with van der Waals surface area (Å²) in [7, 11) is 0. The molecule has 0 radical (unpaired) electrons. The topological polar surface area (TPSA) is 70.6 Å². The Morgan fingerprint density at radius 3 is 2.83 bits per heavy atom. The van der Waals surface area contributed by atoms with E-state index in [1.165, 1.54) is 23.5 Å². The lowest BCUT2D eigenvalue weighted by atomic mass is 9.99. The van der Waals surface area contributed by atoms with Crippen LogP contribution in [-0.4, -0.2) is 24.3 Å². The fraction of sp³-hybridized carbons (Fsp3) is 0.312. The molecule has 2 aromatic rings. The molecule has 7 heteroatoms. The van der Waals surface area contributed by atoms with Gasteiger partial charge in [-0.2, -0.15) is 11.3 Å². The average molecular weight is 338 g/mol. The molecule has 1 aromatic heterocycles. The summed E-state index contributed by atoms with van der Waals surface area (Å²) in [5, 5.41) is 19.1. The molecule has 1 aromatic carbocycles. The Morgan fingerprint density at radius 1 is 1.43 bits per heavy atom. The van der Waals surface area contributed by atoms with Crippen LogP contribution in [-0.2, 0) is 5.60 Å². The molecule has 0 saturated carbocycles. The second-order valence-corrected chi connectivity index (χ2v) is 5.95. The van der Waals surface area contributed by atoms with E-state index < -0.39 is 17.4 Å². The number of benzene rings is 1. The van der Waals surface area contributed by atoms with Crippen LogP contribution in [0, 0.1) is 5.82 Å². The van der Waals surface area contributed by atoms with E-state index in [-0.39, 0.29) is 12.3 Å². The fourth-order valence-electron chi connectivity index (χ4n) is 1.95. The van der Waals surface area contributed by atoms with Gasteiger partial charge in [-0.3, -0.25) is 0 Å². The van der Waals surface area contributed by atoms with Crippen LogP contribution in [0.3, 0.4) is 0 Å². The van der Waals surface area contributed by atoms with Crippen molar-refractivity contribution in [2.75, 3.05) is 18.5 Å². The van der Waals surface area contributed by atoms with Crippen LogP contribution in [0.4, 0.5) is 14.9 Å². The highest BCUT2D eigenvalue weighted by atomic mass is 32.1. The van der Waals surface area contributed by atoms with Crippen LogP contribution in [0.2, 0.25) is 0 Å². The van der Waals surface area contributed by atoms with E-state index in [1.807, 2.05) is 10.8 Å². The van der Waals surface area contributed by atoms with Crippen LogP contribution < -0.4 is 15.4 Å². The van der Waals surface area contributed by atoms with Crippen molar-refractivity contribution in [2.24, 2.45) is 0 Å². The standard InChI is InChI=1S/C16H19FN2O3S/c1-3-22-14-5-4-12(8-13(14)17)19-15(20)18-10-16(2,21)11-6-7-23-9-11/h4-9,21H,3,10H2,1-2H3,(H2,18,19,20). The third-order valence-corrected chi connectivity index (χ3v) is 3.91. The molecule has 124 valence electrons. The normalized spacial score (nSPS) is 13.2. The molecule has 5 nitrogen and oxygen atoms in total. The number of nitrogens with one attached hydrogen (secondary N) is 2. The SMILES string of the molecule is CCOc1ccc(NC(=O)NCC(C)(O)c2ccsc2)cc1F. The Balaban J connectivity index is 1.91. The van der Waals surface area contributed by atoms with Crippen molar-refractivity contribution in [3.05, 3.63) is 46.4 Å². The number of thiophene rings is 1. The van der Waals surface area contributed by atoms with E-state index in [0.717, 1.165) is 5.56 Å². The molecule has 2 amide bonds. The first-order chi connectivity index (χ1) is 10.9. The summed E-state index contributed by atoms with van der Waals surface area (Å²) in [4.78, 5) is 11.9. The number of carbonyl (C=O) groups is 1. The van der Waals surface area contributed by atoms with Crippen molar-refractivity contribution in [3.63, 3.8) is 0 Å². The molecule has 0 bridgehead atoms. The largest absolute Gasteiger partial charge is 0.491 e. The lowest BCUT2D eigenvalue weighted by Gasteiger charge is -2.22. The lowest BCUT2D eigenvalue weighted by molar-refractivity contribution is 0.0604. The molecular formula is C16H19FN2O3S. The Morgan fingerprint density at radius 2 is 2.22 bits per heavy atom. The van der Waals surface area contributed by atoms with E-state index >= 15 is 0 Å². The zero-order valence-corrected chi connectivity index (χ0v) is 13.7. The predicted molar refractivity (Wildman–Crippen MR) is 88.5 cm³/mol. The maximum absolute atomic E-state index is 13.7. The second-order valence-electron chi connectivity index (χ2n) is 5.17. The van der Waals surface area contributed by atoms with Crippen molar-refractivity contribution < 1.29 is 19.0 Å². The molecule has 23 heavy (non-hydrogen) atoms. The molecule has 3 N–H and O–H groups in total. The quantitative estimate of drug-likeness (QED) is 0.757. The summed E-state index contributed by atoms with van der Waals surface area (Å²) in [6.07, 6.45) is 0. The van der Waals surface area contributed by atoms with Crippen LogP contribution in [0.1, 0.15) is 19.4 Å². The Kier molecular flexibility index (Phi) is 5.57. The van der Waals surface area contributed by atoms with Gasteiger partial charge in [0.25, 0.3) is 0 Å². The maximum Gasteiger partial charge on any atom is 0.319 e. The molecule has 0 fully saturated rings. The van der Waals surface area contributed by atoms with Gasteiger partial charge >= 0.3 is 6.03 Å². The first-order valence-electron chi connectivity index (χ1n) is 7.14. The number of hydrogen-bond acceptors (Lipinski definition) is 4. The zero-order valence-electron chi connectivity index (χ0n) is 12.9. The van der Waals surface area contributed by atoms with Gasteiger partial charge in [0.05, 0.1) is 13.2 Å². The van der Waals surface area contributed by atoms with E-state index in [0.29, 0.717) is 12.3 Å². The van der Waals surface area contributed by atoms with Gasteiger partial charge in [0, 0.05) is 11.8 Å². The second kappa shape index (κ2) is 7.43. The van der Waals surface area contributed by atoms with Crippen molar-refractivity contribution in [1.82, 2.24) is 5.32 Å². The van der Waals surface area contributed by atoms with E-state index in [1.54, 1.807) is 26.0 Å². The minimum atomic E-state index is -1.17. The molecule has 0 aliphatic rings. The van der Waals surface area contributed by atoms with Crippen molar-refractivity contribution in [1.29, 1.82) is 0 Å². The van der Waals surface area contributed by atoms with E-state index in [2.05, 4.69) is 10.6 Å². The zero-order chi connectivity index (χ0) is 16.9. The smallest absolute Gasteiger partial charge is 0.319 e. The van der Waals surface area contributed by atoms with Gasteiger partial charge in [0.2, 0.25) is 0 Å². The molecule has 0 aliphatic heterocycles. The minimum Gasteiger partial charge on any atom is -0.491 e. The summed E-state index contributed by atoms with van der Waals surface area (Å²) in [5.41, 5.74) is -0.130. The highest BCUT2D eigenvalue weighted by molar-refractivity contribution is 7.08. The number of urea groups is 1. The highest BCUT2D eigenvalue weighted by Crippen LogP contribution is 2.23. The Hall–Kier alpha value is -2.12. The molecule has 1 atom stereocenters. The van der Waals surface area contributed by atoms with Crippen molar-refractivity contribution >= 4 is 23.1 Å². The Bertz CT molecular complexity index is 659. The van der Waals surface area contributed by atoms with Gasteiger partial charge in [-0.25, -0.2) is 9.18 Å². The monoisotopic (exact) mass is 338 g/mol. The molecule has 1 heterocycles. The number of rotatable bonds is 6. The first-order valence-corrected chi connectivity index (χ1v) is 8.09. The number of carbonyl (C=O) groups excluding carboxylic acids is 1. The van der Waals surface area contributed by atoms with Crippen molar-refractivity contribution in [3.8, 4) is 5.75 Å². The Labute approximate surface area is 138 Å². The predicted octanol–water partition coefficient (Wildman–Crippen LogP) is 3.32. The summed E-state index contributed by atoms with van der Waals surface area (Å²) in [6.45, 7) is 3.78. The highest BCUT2D eigenvalue weighted by Gasteiger charge is 2.24. The van der Waals surface area contributed by atoms with Gasteiger partial charge in [0.15, 0.2) is 11.6 Å². The number of ether oxygens (including phenoxy) is 1. The molecule has 1 unspecified atom stereocenters. The molecule has 2 rings (SSSR count). The average Bonchev–Trinajstić information content (AvgIpc) is 3.03. The van der Waals surface area contributed by atoms with Crippen LogP contribution >= 0.6 is 11.3 Å². The third kappa shape index (κ3) is 4.67. The van der Waals surface area contributed by atoms with Gasteiger partial charge in [-0.1, -0.05) is 0 Å². The van der Waals surface area contributed by atoms with Gasteiger partial charge < -0.3 is 20.5 Å². The molecule has 0 aliphatic carbocycles. The molecular weight excluding hydrogens is 319 g/mol. The van der Waals surface area contributed by atoms with Crippen LogP contribution in [0.5, 0.6) is 5.75 Å². The van der Waals surface area contributed by atoms with Gasteiger partial charge in [0.1, 0.15) is 5.60 Å². The number of amides is 2. The van der Waals surface area contributed by atoms with Crippen LogP contribution in [0.25, 0.3) is 0 Å². The summed E-state index contributed by atoms with van der Waals surface area (Å²) < 4.78 is 18.8. The minimum absolute atomic E-state index is 0.0368. The van der Waals surface area contributed by atoms with Gasteiger partial charge in [-0.15, -0.1) is 0 Å². The summed E-state index contributed by atoms with van der Waals surface area (Å²) in [6, 6.07) is 5.46. The third-order valence-electron chi connectivity index (χ3n) is 3.23. The first kappa shape index (κ1) is 17.2. The molecule has 0 spiro atoms. The van der Waals surface area contributed by atoms with E-state index in [4.69, 9.17) is 4.74 Å². The van der Waals surface area contributed by atoms with Crippen molar-refractivity contribution in [2.45, 2.75) is 19.4 Å². The fourth-order valence-corrected chi connectivity index (χ4v) is 2.73. The van der Waals surface area contributed by atoms with Crippen LogP contribution in [0.15, 0.2) is 35.0 Å². The van der Waals surface area contributed by atoms with E-state index in [9.17, 15) is 14.3 Å². The number of aliphatic hydroxyl groups is 1. The summed E-state index contributed by atoms with van der Waals surface area (Å²) in [5.74, 6) is -0.409. The maximum atomic E-state index is 13.7. The number of hydrogen-bond donors (Lipinski definition) is 3. The number of anilines is 1. The summed E-state index contributed by atoms with van der Waals surface area (Å²) >= 11 is 1.47. The van der Waals surface area contributed by atoms with Gasteiger partial charge in [-0.05, 0) is 48.4 Å². The number of halogens is 1.